The van der Waals surface area contributed by atoms with Gasteiger partial charge in [0.25, 0.3) is 0 Å². The van der Waals surface area contributed by atoms with Gasteiger partial charge in [0.15, 0.2) is 0 Å². The highest BCUT2D eigenvalue weighted by Gasteiger charge is 2.29. The third-order valence-corrected chi connectivity index (χ3v) is 3.46. The quantitative estimate of drug-likeness (QED) is 0.790. The van der Waals surface area contributed by atoms with Crippen molar-refractivity contribution in [1.82, 2.24) is 10.2 Å². The lowest BCUT2D eigenvalue weighted by atomic mass is 9.83. The molecular formula is C13H20N2. The molecular weight excluding hydrogens is 184 g/mol. The first-order valence-electron chi connectivity index (χ1n) is 5.65. The topological polar surface area (TPSA) is 15.3 Å². The van der Waals surface area contributed by atoms with E-state index in [1.807, 2.05) is 0 Å². The van der Waals surface area contributed by atoms with Gasteiger partial charge >= 0.3 is 0 Å². The van der Waals surface area contributed by atoms with E-state index in [-0.39, 0.29) is 0 Å². The molecule has 1 N–H and O–H groups in total. The standard InChI is InChI=1S/C13H20N2/c1-14-13-11-7-5-4-6-10(11)8-9-12(13)15(2)3/h4-7,12-14H,8-9H2,1-3H3. The number of nitrogens with zero attached hydrogens (tertiary/aromatic N) is 1. The number of hydrogen-bond donors (Lipinski definition) is 1. The molecule has 1 aliphatic rings. The summed E-state index contributed by atoms with van der Waals surface area (Å²) < 4.78 is 0. The zero-order valence-corrected chi connectivity index (χ0v) is 9.83. The highest BCUT2D eigenvalue weighted by atomic mass is 15.1. The van der Waals surface area contributed by atoms with Crippen LogP contribution in [0.2, 0.25) is 0 Å². The van der Waals surface area contributed by atoms with E-state index in [1.54, 1.807) is 0 Å². The van der Waals surface area contributed by atoms with Crippen LogP contribution in [0.25, 0.3) is 0 Å². The number of rotatable bonds is 2. The molecule has 2 rings (SSSR count). The maximum Gasteiger partial charge on any atom is 0.0478 e. The van der Waals surface area contributed by atoms with Crippen LogP contribution in [0.4, 0.5) is 0 Å². The van der Waals surface area contributed by atoms with Gasteiger partial charge in [-0.1, -0.05) is 24.3 Å². The Kier molecular flexibility index (Phi) is 3.08. The fraction of sp³-hybridized carbons (Fsp3) is 0.538. The maximum absolute atomic E-state index is 3.45. The number of likely N-dealkylation sites (N-methyl/N-ethyl adjacent to an activating group) is 2. The normalized spacial score (nSPS) is 25.3. The van der Waals surface area contributed by atoms with E-state index in [1.165, 1.54) is 24.0 Å². The Hall–Kier alpha value is -0.860. The predicted octanol–water partition coefficient (Wildman–Crippen LogP) is 1.82. The Balaban J connectivity index is 2.34. The van der Waals surface area contributed by atoms with Crippen LogP contribution in [-0.2, 0) is 6.42 Å². The zero-order chi connectivity index (χ0) is 10.8. The summed E-state index contributed by atoms with van der Waals surface area (Å²) in [5.74, 6) is 0. The number of benzene rings is 1. The SMILES string of the molecule is CNC1c2ccccc2CCC1N(C)C. The van der Waals surface area contributed by atoms with Crippen molar-refractivity contribution in [2.75, 3.05) is 21.1 Å². The first-order valence-corrected chi connectivity index (χ1v) is 5.65. The molecule has 15 heavy (non-hydrogen) atoms. The van der Waals surface area contributed by atoms with Crippen LogP contribution >= 0.6 is 0 Å². The molecule has 0 bridgehead atoms. The van der Waals surface area contributed by atoms with Crippen LogP contribution in [0.15, 0.2) is 24.3 Å². The molecule has 0 heterocycles. The van der Waals surface area contributed by atoms with Crippen molar-refractivity contribution in [3.63, 3.8) is 0 Å². The molecule has 1 aromatic rings. The summed E-state index contributed by atoms with van der Waals surface area (Å²) in [6.45, 7) is 0. The van der Waals surface area contributed by atoms with Gasteiger partial charge in [-0.15, -0.1) is 0 Å². The summed E-state index contributed by atoms with van der Waals surface area (Å²) in [6, 6.07) is 9.88. The largest absolute Gasteiger partial charge is 0.312 e. The van der Waals surface area contributed by atoms with Crippen molar-refractivity contribution in [1.29, 1.82) is 0 Å². The Labute approximate surface area is 92.3 Å². The van der Waals surface area contributed by atoms with Crippen molar-refractivity contribution in [3.05, 3.63) is 35.4 Å². The van der Waals surface area contributed by atoms with Crippen molar-refractivity contribution < 1.29 is 0 Å². The summed E-state index contributed by atoms with van der Waals surface area (Å²) in [7, 11) is 6.40. The monoisotopic (exact) mass is 204 g/mol. The highest BCUT2D eigenvalue weighted by Crippen LogP contribution is 2.31. The minimum Gasteiger partial charge on any atom is -0.312 e. The van der Waals surface area contributed by atoms with Gasteiger partial charge in [-0.25, -0.2) is 0 Å². The summed E-state index contributed by atoms with van der Waals surface area (Å²) in [4.78, 5) is 2.33. The van der Waals surface area contributed by atoms with Crippen LogP contribution in [-0.4, -0.2) is 32.1 Å². The van der Waals surface area contributed by atoms with E-state index in [2.05, 4.69) is 55.6 Å². The lowest BCUT2D eigenvalue weighted by Gasteiger charge is -2.37. The minimum absolute atomic E-state index is 0.477. The van der Waals surface area contributed by atoms with Crippen molar-refractivity contribution >= 4 is 0 Å². The first-order chi connectivity index (χ1) is 7.24. The van der Waals surface area contributed by atoms with Gasteiger partial charge in [-0.2, -0.15) is 0 Å². The minimum atomic E-state index is 0.477. The molecule has 0 fully saturated rings. The molecule has 2 unspecified atom stereocenters. The van der Waals surface area contributed by atoms with Crippen molar-refractivity contribution in [3.8, 4) is 0 Å². The molecule has 0 spiro atoms. The van der Waals surface area contributed by atoms with E-state index < -0.39 is 0 Å². The van der Waals surface area contributed by atoms with Gasteiger partial charge in [0, 0.05) is 12.1 Å². The number of aryl methyl sites for hydroxylation is 1. The van der Waals surface area contributed by atoms with E-state index in [0.717, 1.165) is 0 Å². The molecule has 2 nitrogen and oxygen atoms in total. The Morgan fingerprint density at radius 1 is 1.27 bits per heavy atom. The third-order valence-electron chi connectivity index (χ3n) is 3.46. The van der Waals surface area contributed by atoms with Gasteiger partial charge in [0.2, 0.25) is 0 Å². The van der Waals surface area contributed by atoms with E-state index in [9.17, 15) is 0 Å². The molecule has 1 aliphatic carbocycles. The fourth-order valence-electron chi connectivity index (χ4n) is 2.65. The molecule has 2 heteroatoms. The lowest BCUT2D eigenvalue weighted by Crippen LogP contribution is -2.42. The van der Waals surface area contributed by atoms with Crippen LogP contribution in [0, 0.1) is 0 Å². The lowest BCUT2D eigenvalue weighted by molar-refractivity contribution is 0.212. The molecule has 0 aromatic heterocycles. The second-order valence-electron chi connectivity index (χ2n) is 4.53. The van der Waals surface area contributed by atoms with E-state index in [0.29, 0.717) is 12.1 Å². The summed E-state index contributed by atoms with van der Waals surface area (Å²) in [6.07, 6.45) is 2.45. The first kappa shape index (κ1) is 10.7. The second-order valence-corrected chi connectivity index (χ2v) is 4.53. The van der Waals surface area contributed by atoms with E-state index >= 15 is 0 Å². The molecule has 0 saturated heterocycles. The highest BCUT2D eigenvalue weighted by molar-refractivity contribution is 5.33. The summed E-state index contributed by atoms with van der Waals surface area (Å²) in [5, 5.41) is 3.45. The zero-order valence-electron chi connectivity index (χ0n) is 9.83. The molecule has 0 saturated carbocycles. The van der Waals surface area contributed by atoms with Gasteiger partial charge < -0.3 is 10.2 Å². The van der Waals surface area contributed by atoms with Crippen molar-refractivity contribution in [2.24, 2.45) is 0 Å². The van der Waals surface area contributed by atoms with Gasteiger partial charge in [-0.05, 0) is 45.1 Å². The van der Waals surface area contributed by atoms with Crippen molar-refractivity contribution in [2.45, 2.75) is 24.9 Å². The van der Waals surface area contributed by atoms with Crippen LogP contribution < -0.4 is 5.32 Å². The van der Waals surface area contributed by atoms with Gasteiger partial charge in [-0.3, -0.25) is 0 Å². The maximum atomic E-state index is 3.45. The summed E-state index contributed by atoms with van der Waals surface area (Å²) >= 11 is 0. The van der Waals surface area contributed by atoms with Crippen LogP contribution in [0.1, 0.15) is 23.6 Å². The molecule has 82 valence electrons. The second kappa shape index (κ2) is 4.33. The summed E-state index contributed by atoms with van der Waals surface area (Å²) in [5.41, 5.74) is 2.99. The molecule has 2 atom stereocenters. The van der Waals surface area contributed by atoms with E-state index in [4.69, 9.17) is 0 Å². The number of hydrogen-bond acceptors (Lipinski definition) is 2. The van der Waals surface area contributed by atoms with Gasteiger partial charge in [0.1, 0.15) is 0 Å². The average molecular weight is 204 g/mol. The molecule has 0 aliphatic heterocycles. The Bertz CT molecular complexity index is 333. The van der Waals surface area contributed by atoms with Crippen LogP contribution in [0.5, 0.6) is 0 Å². The average Bonchev–Trinajstić information content (AvgIpc) is 2.27. The van der Waals surface area contributed by atoms with Gasteiger partial charge in [0.05, 0.1) is 0 Å². The molecule has 0 radical (unpaired) electrons. The Morgan fingerprint density at radius 3 is 2.67 bits per heavy atom. The fourth-order valence-corrected chi connectivity index (χ4v) is 2.65. The molecule has 0 amide bonds. The number of fused-ring (bicyclic) bond motifs is 1. The smallest absolute Gasteiger partial charge is 0.0478 e. The molecule has 1 aromatic carbocycles. The third kappa shape index (κ3) is 1.92. The number of nitrogens with one attached hydrogen (secondary N) is 1. The predicted molar refractivity (Wildman–Crippen MR) is 64.0 cm³/mol. The Morgan fingerprint density at radius 2 is 2.00 bits per heavy atom. The van der Waals surface area contributed by atoms with Crippen LogP contribution in [0.3, 0.4) is 0 Å².